The second-order valence-corrected chi connectivity index (χ2v) is 5.21. The molecular formula is C13H22N2O3. The van der Waals surface area contributed by atoms with Crippen LogP contribution in [-0.2, 0) is 4.79 Å². The summed E-state index contributed by atoms with van der Waals surface area (Å²) in [5.74, 6) is -0.843. The van der Waals surface area contributed by atoms with Crippen molar-refractivity contribution in [3.8, 4) is 0 Å². The van der Waals surface area contributed by atoms with Crippen LogP contribution in [0.2, 0.25) is 0 Å². The standard InChI is InChI=1S/C13H22N2O3/c1-4-6-9(2)14-12(18)15-10-7-5-8-13(10,3)11(16)17/h4,9-10H,1,5-8H2,2-3H3,(H,16,17)(H2,14,15,18). The molecule has 0 spiro atoms. The Hall–Kier alpha value is -1.52. The zero-order valence-corrected chi connectivity index (χ0v) is 11.0. The summed E-state index contributed by atoms with van der Waals surface area (Å²) in [7, 11) is 0. The molecule has 3 unspecified atom stereocenters. The first-order valence-corrected chi connectivity index (χ1v) is 6.31. The molecule has 0 aromatic rings. The lowest BCUT2D eigenvalue weighted by molar-refractivity contribution is -0.148. The molecule has 5 nitrogen and oxygen atoms in total. The molecule has 1 aliphatic carbocycles. The van der Waals surface area contributed by atoms with E-state index in [0.29, 0.717) is 19.3 Å². The smallest absolute Gasteiger partial charge is 0.315 e. The van der Waals surface area contributed by atoms with E-state index < -0.39 is 11.4 Å². The van der Waals surface area contributed by atoms with Crippen LogP contribution in [0.5, 0.6) is 0 Å². The summed E-state index contributed by atoms with van der Waals surface area (Å²) in [6.45, 7) is 7.18. The van der Waals surface area contributed by atoms with Crippen molar-refractivity contribution in [1.29, 1.82) is 0 Å². The molecule has 1 rings (SSSR count). The van der Waals surface area contributed by atoms with E-state index in [1.807, 2.05) is 6.92 Å². The van der Waals surface area contributed by atoms with Gasteiger partial charge in [0.15, 0.2) is 0 Å². The molecule has 3 atom stereocenters. The van der Waals surface area contributed by atoms with E-state index in [-0.39, 0.29) is 18.1 Å². The fourth-order valence-corrected chi connectivity index (χ4v) is 2.39. The van der Waals surface area contributed by atoms with Crippen LogP contribution >= 0.6 is 0 Å². The Labute approximate surface area is 108 Å². The fraction of sp³-hybridized carbons (Fsp3) is 0.692. The minimum Gasteiger partial charge on any atom is -0.481 e. The Morgan fingerprint density at radius 3 is 2.83 bits per heavy atom. The number of carboxylic acid groups (broad SMARTS) is 1. The number of urea groups is 1. The van der Waals surface area contributed by atoms with Gasteiger partial charge in [0.1, 0.15) is 0 Å². The first-order valence-electron chi connectivity index (χ1n) is 6.31. The van der Waals surface area contributed by atoms with Gasteiger partial charge in [-0.1, -0.05) is 12.5 Å². The summed E-state index contributed by atoms with van der Waals surface area (Å²) in [5, 5.41) is 14.8. The number of rotatable bonds is 5. The summed E-state index contributed by atoms with van der Waals surface area (Å²) in [6, 6.07) is -0.602. The predicted molar refractivity (Wildman–Crippen MR) is 69.3 cm³/mol. The number of amides is 2. The highest BCUT2D eigenvalue weighted by atomic mass is 16.4. The number of hydrogen-bond donors (Lipinski definition) is 3. The Kier molecular flexibility index (Phi) is 4.76. The number of carboxylic acids is 1. The average molecular weight is 254 g/mol. The molecule has 0 aromatic carbocycles. The molecule has 2 amide bonds. The van der Waals surface area contributed by atoms with E-state index in [1.54, 1.807) is 13.0 Å². The maximum Gasteiger partial charge on any atom is 0.315 e. The summed E-state index contributed by atoms with van der Waals surface area (Å²) < 4.78 is 0. The first kappa shape index (κ1) is 14.5. The van der Waals surface area contributed by atoms with Gasteiger partial charge in [-0.25, -0.2) is 4.79 Å². The van der Waals surface area contributed by atoms with Crippen molar-refractivity contribution < 1.29 is 14.7 Å². The van der Waals surface area contributed by atoms with Crippen LogP contribution in [0.3, 0.4) is 0 Å². The molecular weight excluding hydrogens is 232 g/mol. The number of carbonyl (C=O) groups excluding carboxylic acids is 1. The van der Waals surface area contributed by atoms with Crippen molar-refractivity contribution in [2.75, 3.05) is 0 Å². The maximum atomic E-state index is 11.7. The van der Waals surface area contributed by atoms with Gasteiger partial charge in [-0.15, -0.1) is 6.58 Å². The number of aliphatic carboxylic acids is 1. The van der Waals surface area contributed by atoms with Gasteiger partial charge in [-0.05, 0) is 33.1 Å². The predicted octanol–water partition coefficient (Wildman–Crippen LogP) is 1.89. The summed E-state index contributed by atoms with van der Waals surface area (Å²) in [6.07, 6.45) is 4.58. The molecule has 0 heterocycles. The highest BCUT2D eigenvalue weighted by Gasteiger charge is 2.45. The first-order chi connectivity index (χ1) is 8.40. The largest absolute Gasteiger partial charge is 0.481 e. The monoisotopic (exact) mass is 254 g/mol. The van der Waals surface area contributed by atoms with Crippen molar-refractivity contribution in [3.63, 3.8) is 0 Å². The summed E-state index contributed by atoms with van der Waals surface area (Å²) in [5.41, 5.74) is -0.848. The van der Waals surface area contributed by atoms with Crippen LogP contribution in [0.4, 0.5) is 4.79 Å². The number of carbonyl (C=O) groups is 2. The van der Waals surface area contributed by atoms with E-state index in [4.69, 9.17) is 0 Å². The van der Waals surface area contributed by atoms with Gasteiger partial charge >= 0.3 is 12.0 Å². The van der Waals surface area contributed by atoms with Gasteiger partial charge in [0.25, 0.3) is 0 Å². The highest BCUT2D eigenvalue weighted by Crippen LogP contribution is 2.38. The van der Waals surface area contributed by atoms with E-state index >= 15 is 0 Å². The molecule has 18 heavy (non-hydrogen) atoms. The molecule has 5 heteroatoms. The lowest BCUT2D eigenvalue weighted by Gasteiger charge is -2.28. The number of hydrogen-bond acceptors (Lipinski definition) is 2. The van der Waals surface area contributed by atoms with Gasteiger partial charge in [-0.3, -0.25) is 4.79 Å². The van der Waals surface area contributed by atoms with E-state index in [9.17, 15) is 14.7 Å². The second kappa shape index (κ2) is 5.89. The molecule has 0 bridgehead atoms. The van der Waals surface area contributed by atoms with Crippen LogP contribution in [0.15, 0.2) is 12.7 Å². The van der Waals surface area contributed by atoms with E-state index in [0.717, 1.165) is 6.42 Å². The fourth-order valence-electron chi connectivity index (χ4n) is 2.39. The average Bonchev–Trinajstić information content (AvgIpc) is 2.61. The lowest BCUT2D eigenvalue weighted by atomic mass is 9.85. The van der Waals surface area contributed by atoms with E-state index in [2.05, 4.69) is 17.2 Å². The highest BCUT2D eigenvalue weighted by molar-refractivity contribution is 5.79. The minimum absolute atomic E-state index is 0.0000118. The van der Waals surface area contributed by atoms with Crippen LogP contribution in [0, 0.1) is 5.41 Å². The zero-order valence-electron chi connectivity index (χ0n) is 11.0. The van der Waals surface area contributed by atoms with Crippen LogP contribution < -0.4 is 10.6 Å². The van der Waals surface area contributed by atoms with Crippen molar-refractivity contribution in [2.24, 2.45) is 5.41 Å². The summed E-state index contributed by atoms with van der Waals surface area (Å²) in [4.78, 5) is 23.0. The van der Waals surface area contributed by atoms with Gasteiger partial charge < -0.3 is 15.7 Å². The number of nitrogens with one attached hydrogen (secondary N) is 2. The molecule has 0 radical (unpaired) electrons. The van der Waals surface area contributed by atoms with Crippen molar-refractivity contribution in [2.45, 2.75) is 51.6 Å². The van der Waals surface area contributed by atoms with Crippen LogP contribution in [-0.4, -0.2) is 29.2 Å². The van der Waals surface area contributed by atoms with Gasteiger partial charge in [0, 0.05) is 12.1 Å². The molecule has 0 aromatic heterocycles. The van der Waals surface area contributed by atoms with Crippen LogP contribution in [0.25, 0.3) is 0 Å². The minimum atomic E-state index is -0.848. The third kappa shape index (κ3) is 3.24. The lowest BCUT2D eigenvalue weighted by Crippen LogP contribution is -2.51. The second-order valence-electron chi connectivity index (χ2n) is 5.21. The summed E-state index contributed by atoms with van der Waals surface area (Å²) >= 11 is 0. The molecule has 1 fully saturated rings. The molecule has 0 aliphatic heterocycles. The Morgan fingerprint density at radius 1 is 1.61 bits per heavy atom. The normalized spacial score (nSPS) is 28.4. The third-order valence-corrected chi connectivity index (χ3v) is 3.65. The molecule has 102 valence electrons. The Balaban J connectivity index is 2.54. The Morgan fingerprint density at radius 2 is 2.28 bits per heavy atom. The third-order valence-electron chi connectivity index (χ3n) is 3.65. The maximum absolute atomic E-state index is 11.7. The molecule has 1 aliphatic rings. The van der Waals surface area contributed by atoms with Crippen molar-refractivity contribution in [1.82, 2.24) is 10.6 Å². The van der Waals surface area contributed by atoms with Crippen molar-refractivity contribution >= 4 is 12.0 Å². The van der Waals surface area contributed by atoms with Gasteiger partial charge in [-0.2, -0.15) is 0 Å². The van der Waals surface area contributed by atoms with Crippen LogP contribution in [0.1, 0.15) is 39.5 Å². The SMILES string of the molecule is C=CCC(C)NC(=O)NC1CCCC1(C)C(=O)O. The molecule has 3 N–H and O–H groups in total. The topological polar surface area (TPSA) is 78.4 Å². The van der Waals surface area contributed by atoms with Gasteiger partial charge in [0.05, 0.1) is 5.41 Å². The molecule has 0 saturated heterocycles. The quantitative estimate of drug-likeness (QED) is 0.656. The molecule has 1 saturated carbocycles. The van der Waals surface area contributed by atoms with Gasteiger partial charge in [0.2, 0.25) is 0 Å². The van der Waals surface area contributed by atoms with E-state index in [1.165, 1.54) is 0 Å². The zero-order chi connectivity index (χ0) is 13.8. The van der Waals surface area contributed by atoms with Crippen molar-refractivity contribution in [3.05, 3.63) is 12.7 Å². The Bertz CT molecular complexity index is 343.